The largest absolute Gasteiger partial charge is 0.353 e. The number of nitrogens with zero attached hydrogens (tertiary/aromatic N) is 1. The third kappa shape index (κ3) is 3.39. The molecule has 0 radical (unpaired) electrons. The second-order valence-electron chi connectivity index (χ2n) is 11.0. The van der Waals surface area contributed by atoms with Crippen molar-refractivity contribution in [3.8, 4) is 0 Å². The third-order valence-corrected chi connectivity index (χ3v) is 10.0. The van der Waals surface area contributed by atoms with Crippen LogP contribution in [0.15, 0.2) is 80.2 Å². The molecule has 0 saturated heterocycles. The van der Waals surface area contributed by atoms with Crippen molar-refractivity contribution in [1.82, 2.24) is 15.5 Å². The van der Waals surface area contributed by atoms with Crippen LogP contribution in [-0.4, -0.2) is 23.3 Å². The summed E-state index contributed by atoms with van der Waals surface area (Å²) in [5.74, 6) is 0.636. The summed E-state index contributed by atoms with van der Waals surface area (Å²) in [6.45, 7) is 0. The molecule has 0 amide bonds. The van der Waals surface area contributed by atoms with Crippen molar-refractivity contribution < 1.29 is 0 Å². The zero-order chi connectivity index (χ0) is 22.6. The molecule has 0 fully saturated rings. The number of hydrogen-bond donors (Lipinski definition) is 2. The first-order valence-electron chi connectivity index (χ1n) is 13.7. The predicted molar refractivity (Wildman–Crippen MR) is 143 cm³/mol. The van der Waals surface area contributed by atoms with Gasteiger partial charge in [-0.2, -0.15) is 0 Å². The van der Waals surface area contributed by atoms with E-state index in [0.29, 0.717) is 18.0 Å². The zero-order valence-corrected chi connectivity index (χ0v) is 21.7. The molecule has 178 valence electrons. The summed E-state index contributed by atoms with van der Waals surface area (Å²) in [6, 6.07) is 0.964. The first-order valence-corrected chi connectivity index (χ1v) is 14.4. The Bertz CT molecular complexity index is 1110. The molecule has 4 unspecified atom stereocenters. The Morgan fingerprint density at radius 3 is 2.71 bits per heavy atom. The van der Waals surface area contributed by atoms with Crippen LogP contribution in [0.25, 0.3) is 0 Å². The van der Waals surface area contributed by atoms with E-state index in [1.165, 1.54) is 80.8 Å². The average molecular weight is 519 g/mol. The van der Waals surface area contributed by atoms with Crippen LogP contribution in [0.3, 0.4) is 0 Å². The fourth-order valence-corrected chi connectivity index (χ4v) is 8.39. The van der Waals surface area contributed by atoms with Crippen molar-refractivity contribution in [3.05, 3.63) is 80.2 Å². The molecular formula is C30H36BrN3. The van der Waals surface area contributed by atoms with Gasteiger partial charge in [-0.25, -0.2) is 0 Å². The van der Waals surface area contributed by atoms with E-state index in [1.54, 1.807) is 33.6 Å². The van der Waals surface area contributed by atoms with Gasteiger partial charge in [0.2, 0.25) is 0 Å². The highest BCUT2D eigenvalue weighted by Gasteiger charge is 2.47. The Balaban J connectivity index is 1.30. The lowest BCUT2D eigenvalue weighted by Crippen LogP contribution is -2.63. The fourth-order valence-electron chi connectivity index (χ4n) is 7.73. The van der Waals surface area contributed by atoms with Gasteiger partial charge in [0.25, 0.3) is 0 Å². The quantitative estimate of drug-likeness (QED) is 0.386. The van der Waals surface area contributed by atoms with Crippen molar-refractivity contribution >= 4 is 15.9 Å². The topological polar surface area (TPSA) is 27.3 Å². The lowest BCUT2D eigenvalue weighted by molar-refractivity contribution is 0.113. The van der Waals surface area contributed by atoms with Gasteiger partial charge < -0.3 is 10.2 Å². The lowest BCUT2D eigenvalue weighted by Gasteiger charge is -2.47. The van der Waals surface area contributed by atoms with E-state index in [9.17, 15) is 0 Å². The van der Waals surface area contributed by atoms with Crippen LogP contribution >= 0.6 is 15.9 Å². The molecule has 3 nitrogen and oxygen atoms in total. The highest BCUT2D eigenvalue weighted by atomic mass is 79.9. The second-order valence-corrected chi connectivity index (χ2v) is 11.8. The molecule has 2 N–H and O–H groups in total. The van der Waals surface area contributed by atoms with E-state index in [0.717, 1.165) is 6.42 Å². The molecule has 7 rings (SSSR count). The minimum absolute atomic E-state index is 0.172. The summed E-state index contributed by atoms with van der Waals surface area (Å²) in [4.78, 5) is 2.81. The highest BCUT2D eigenvalue weighted by molar-refractivity contribution is 9.12. The van der Waals surface area contributed by atoms with Crippen molar-refractivity contribution in [1.29, 1.82) is 0 Å². The first-order chi connectivity index (χ1) is 16.8. The Labute approximate surface area is 212 Å². The van der Waals surface area contributed by atoms with Gasteiger partial charge in [0, 0.05) is 27.8 Å². The number of hydrogen-bond acceptors (Lipinski definition) is 3. The van der Waals surface area contributed by atoms with E-state index in [1.807, 2.05) is 0 Å². The van der Waals surface area contributed by atoms with Crippen LogP contribution in [0, 0.1) is 5.92 Å². The average Bonchev–Trinajstić information content (AvgIpc) is 3.24. The van der Waals surface area contributed by atoms with Gasteiger partial charge in [0.1, 0.15) is 0 Å². The molecule has 0 saturated carbocycles. The van der Waals surface area contributed by atoms with Gasteiger partial charge in [-0.3, -0.25) is 5.32 Å². The molecule has 4 atom stereocenters. The number of nitrogens with one attached hydrogen (secondary N) is 2. The van der Waals surface area contributed by atoms with Crippen LogP contribution in [0.4, 0.5) is 0 Å². The zero-order valence-electron chi connectivity index (χ0n) is 20.1. The van der Waals surface area contributed by atoms with E-state index in [-0.39, 0.29) is 6.29 Å². The standard InChI is InChI=1S/C30H36BrN3/c31-24-14-8-13-21-20(24)17-18-27-28(21)23-12-5-7-16-26(23)34(27)30-32-25-15-6-4-11-22(25)29(33-30)19-9-2-1-3-10-19/h5-7,9,14-15,23,26,29-30,32-33H,1-4,8,10-13,16-18H2. The summed E-state index contributed by atoms with van der Waals surface area (Å²) in [6.07, 6.45) is 29.3. The Hall–Kier alpha value is -1.78. The summed E-state index contributed by atoms with van der Waals surface area (Å²) in [5, 5.41) is 8.17. The number of fused-ring (bicyclic) bond motifs is 3. The van der Waals surface area contributed by atoms with Crippen molar-refractivity contribution in [2.45, 2.75) is 95.4 Å². The van der Waals surface area contributed by atoms with Crippen LogP contribution in [0.5, 0.6) is 0 Å². The minimum Gasteiger partial charge on any atom is -0.353 e. The van der Waals surface area contributed by atoms with E-state index in [2.05, 4.69) is 67.9 Å². The van der Waals surface area contributed by atoms with Gasteiger partial charge in [-0.15, -0.1) is 0 Å². The van der Waals surface area contributed by atoms with Crippen LogP contribution < -0.4 is 10.6 Å². The lowest BCUT2D eigenvalue weighted by atomic mass is 9.76. The maximum Gasteiger partial charge on any atom is 0.156 e. The number of rotatable bonds is 2. The van der Waals surface area contributed by atoms with Gasteiger partial charge in [-0.05, 0) is 105 Å². The molecule has 2 aliphatic heterocycles. The molecule has 0 aromatic rings. The third-order valence-electron chi connectivity index (χ3n) is 9.21. The Morgan fingerprint density at radius 2 is 1.79 bits per heavy atom. The van der Waals surface area contributed by atoms with Crippen LogP contribution in [0.1, 0.15) is 77.0 Å². The van der Waals surface area contributed by atoms with Gasteiger partial charge in [0.05, 0.1) is 6.04 Å². The molecule has 0 aromatic carbocycles. The second kappa shape index (κ2) is 8.71. The summed E-state index contributed by atoms with van der Waals surface area (Å²) in [5.41, 5.74) is 11.2. The van der Waals surface area contributed by atoms with Crippen molar-refractivity contribution in [3.63, 3.8) is 0 Å². The molecule has 0 bridgehead atoms. The molecule has 0 spiro atoms. The fraction of sp³-hybridized carbons (Fsp3) is 0.533. The van der Waals surface area contributed by atoms with Crippen LogP contribution in [0.2, 0.25) is 0 Å². The Morgan fingerprint density at radius 1 is 0.853 bits per heavy atom. The van der Waals surface area contributed by atoms with Crippen molar-refractivity contribution in [2.75, 3.05) is 0 Å². The molecule has 7 aliphatic rings. The first kappa shape index (κ1) is 21.5. The van der Waals surface area contributed by atoms with E-state index in [4.69, 9.17) is 0 Å². The normalized spacial score (nSPS) is 34.8. The minimum atomic E-state index is 0.172. The summed E-state index contributed by atoms with van der Waals surface area (Å²) in [7, 11) is 0. The Kier molecular flexibility index (Phi) is 5.51. The molecule has 2 heterocycles. The molecule has 4 heteroatoms. The monoisotopic (exact) mass is 517 g/mol. The molecule has 34 heavy (non-hydrogen) atoms. The highest BCUT2D eigenvalue weighted by Crippen LogP contribution is 2.53. The SMILES string of the molecule is BrC1=CCCC2=C1CCC1=C2C2CC=CCC2N1C1NC2=C(CCC=C2)C(C2=CCCCC2)N1. The maximum atomic E-state index is 4.17. The van der Waals surface area contributed by atoms with E-state index >= 15 is 0 Å². The van der Waals surface area contributed by atoms with Crippen molar-refractivity contribution in [2.24, 2.45) is 5.92 Å². The van der Waals surface area contributed by atoms with Gasteiger partial charge in [-0.1, -0.05) is 51.9 Å². The smallest absolute Gasteiger partial charge is 0.156 e. The van der Waals surface area contributed by atoms with Gasteiger partial charge in [0.15, 0.2) is 6.29 Å². The molecule has 0 aromatic heterocycles. The number of halogens is 1. The summed E-state index contributed by atoms with van der Waals surface area (Å²) < 4.78 is 1.36. The van der Waals surface area contributed by atoms with E-state index < -0.39 is 0 Å². The molecule has 5 aliphatic carbocycles. The van der Waals surface area contributed by atoms with Crippen LogP contribution in [-0.2, 0) is 0 Å². The molecular weight excluding hydrogens is 482 g/mol. The summed E-state index contributed by atoms with van der Waals surface area (Å²) >= 11 is 3.91. The maximum absolute atomic E-state index is 4.17. The number of allylic oxidation sites excluding steroid dienone is 9. The van der Waals surface area contributed by atoms with Gasteiger partial charge >= 0.3 is 0 Å². The predicted octanol–water partition coefficient (Wildman–Crippen LogP) is 7.00.